The van der Waals surface area contributed by atoms with E-state index in [1.54, 1.807) is 0 Å². The number of phosphoric acid groups is 3. The van der Waals surface area contributed by atoms with Crippen molar-refractivity contribution >= 4 is 31.3 Å². The van der Waals surface area contributed by atoms with Crippen LogP contribution in [0.5, 0.6) is 0 Å². The molecule has 17 heteroatoms. The third kappa shape index (κ3) is 8.72. The van der Waals surface area contributed by atoms with Crippen LogP contribution in [-0.2, 0) is 36.3 Å². The molecular formula is C9H17BNO12P3. The second kappa shape index (κ2) is 8.49. The van der Waals surface area contributed by atoms with E-state index in [0.29, 0.717) is 0 Å². The van der Waals surface area contributed by atoms with E-state index in [9.17, 15) is 18.6 Å². The topological polar surface area (TPSA) is 183 Å². The average Bonchev–Trinajstić information content (AvgIpc) is 2.71. The summed E-state index contributed by atoms with van der Waals surface area (Å²) in [4.78, 5) is 38.6. The van der Waals surface area contributed by atoms with Gasteiger partial charge < -0.3 is 29.0 Å². The highest BCUT2D eigenvalue weighted by molar-refractivity contribution is 7.66. The molecule has 0 amide bonds. The van der Waals surface area contributed by atoms with Crippen molar-refractivity contribution in [3.63, 3.8) is 0 Å². The van der Waals surface area contributed by atoms with Crippen molar-refractivity contribution in [1.29, 1.82) is 0 Å². The molecule has 13 nitrogen and oxygen atoms in total. The molecule has 1 aliphatic heterocycles. The van der Waals surface area contributed by atoms with Crippen LogP contribution in [0.4, 0.5) is 0 Å². The number of rotatable bonds is 9. The largest absolute Gasteiger partial charge is 0.490 e. The molecule has 3 unspecified atom stereocenters. The van der Waals surface area contributed by atoms with Gasteiger partial charge in [-0.25, -0.2) is 20.3 Å². The lowest BCUT2D eigenvalue weighted by molar-refractivity contribution is -0.0867. The summed E-state index contributed by atoms with van der Waals surface area (Å²) in [6.07, 6.45) is -1.67. The summed E-state index contributed by atoms with van der Waals surface area (Å²) in [6, 6.07) is -0.809. The molecule has 0 spiro atoms. The summed E-state index contributed by atoms with van der Waals surface area (Å²) in [7, 11) is -10.8. The van der Waals surface area contributed by atoms with Gasteiger partial charge in [0.15, 0.2) is 0 Å². The summed E-state index contributed by atoms with van der Waals surface area (Å²) < 4.78 is 55.8. The minimum Gasteiger partial charge on any atom is -0.380 e. The fraction of sp³-hybridized carbons (Fsp3) is 0.889. The van der Waals surface area contributed by atoms with Crippen molar-refractivity contribution in [2.45, 2.75) is 44.2 Å². The fourth-order valence-electron chi connectivity index (χ4n) is 1.89. The zero-order valence-electron chi connectivity index (χ0n) is 13.6. The number of phosphoric ester groups is 1. The lowest BCUT2D eigenvalue weighted by atomic mass is 9.96. The van der Waals surface area contributed by atoms with Gasteiger partial charge in [0.05, 0.1) is 12.7 Å². The molecule has 1 fully saturated rings. The van der Waals surface area contributed by atoms with Crippen LogP contribution in [0.25, 0.3) is 4.85 Å². The second-order valence-corrected chi connectivity index (χ2v) is 9.97. The number of nitrogens with zero attached hydrogens (tertiary/aromatic N) is 1. The van der Waals surface area contributed by atoms with Crippen LogP contribution < -0.4 is 0 Å². The molecule has 26 heavy (non-hydrogen) atoms. The van der Waals surface area contributed by atoms with Gasteiger partial charge >= 0.3 is 29.2 Å². The Morgan fingerprint density at radius 1 is 1.19 bits per heavy atom. The zero-order chi connectivity index (χ0) is 20.4. The van der Waals surface area contributed by atoms with Crippen molar-refractivity contribution < 1.29 is 55.9 Å². The second-order valence-electron chi connectivity index (χ2n) is 5.55. The molecule has 2 radical (unpaired) electrons. The normalized spacial score (nSPS) is 28.9. The molecule has 1 saturated heterocycles. The lowest BCUT2D eigenvalue weighted by Gasteiger charge is -2.23. The van der Waals surface area contributed by atoms with E-state index in [2.05, 4.69) is 18.0 Å². The standard InChI is InChI=1S/C9H17BNO12P3/c1-9(2,11-3)21-6-4-8(10)20-7(6)5-19-25(15,16)23-26(17,18)22-24(12,13)14/h6-8H,4-5H2,1-2H3,(H,15,16)(H,17,18)(H2,12,13,14)/t6?,7-,8-/m1/s1. The van der Waals surface area contributed by atoms with E-state index in [4.69, 9.17) is 38.6 Å². The van der Waals surface area contributed by atoms with E-state index in [-0.39, 0.29) is 6.42 Å². The highest BCUT2D eigenvalue weighted by Crippen LogP contribution is 2.66. The van der Waals surface area contributed by atoms with Crippen LogP contribution in [0.15, 0.2) is 0 Å². The Hall–Kier alpha value is -0.115. The predicted octanol–water partition coefficient (Wildman–Crippen LogP) is 0.654. The molecular weight excluding hydrogens is 418 g/mol. The molecule has 0 aromatic carbocycles. The molecule has 1 aliphatic rings. The van der Waals surface area contributed by atoms with E-state index in [1.807, 2.05) is 0 Å². The molecule has 5 atom stereocenters. The van der Waals surface area contributed by atoms with E-state index in [0.717, 1.165) is 0 Å². The van der Waals surface area contributed by atoms with Crippen LogP contribution >= 0.6 is 23.5 Å². The first-order valence-corrected chi connectivity index (χ1v) is 11.3. The highest BCUT2D eigenvalue weighted by atomic mass is 31.3. The molecule has 0 saturated carbocycles. The molecule has 148 valence electrons. The van der Waals surface area contributed by atoms with Crippen LogP contribution in [-0.4, -0.2) is 58.0 Å². The molecule has 1 heterocycles. The molecule has 0 bridgehead atoms. The highest BCUT2D eigenvalue weighted by Gasteiger charge is 2.44. The Kier molecular flexibility index (Phi) is 7.81. The Balaban J connectivity index is 2.70. The van der Waals surface area contributed by atoms with E-state index < -0.39 is 54.0 Å². The average molecular weight is 435 g/mol. The summed E-state index contributed by atoms with van der Waals surface area (Å²) in [5.74, 6) is 0. The number of hydrogen-bond acceptors (Lipinski definition) is 8. The first-order valence-electron chi connectivity index (χ1n) is 6.80. The van der Waals surface area contributed by atoms with Crippen LogP contribution in [0, 0.1) is 6.57 Å². The predicted molar refractivity (Wildman–Crippen MR) is 84.4 cm³/mol. The van der Waals surface area contributed by atoms with Gasteiger partial charge in [-0.15, -0.1) is 0 Å². The van der Waals surface area contributed by atoms with Gasteiger partial charge in [0, 0.05) is 19.9 Å². The summed E-state index contributed by atoms with van der Waals surface area (Å²) >= 11 is 0. The van der Waals surface area contributed by atoms with Gasteiger partial charge in [-0.05, 0) is 6.42 Å². The smallest absolute Gasteiger partial charge is 0.380 e. The van der Waals surface area contributed by atoms with Gasteiger partial charge in [0.1, 0.15) is 14.0 Å². The van der Waals surface area contributed by atoms with Crippen molar-refractivity contribution in [3.05, 3.63) is 11.4 Å². The Morgan fingerprint density at radius 2 is 1.77 bits per heavy atom. The summed E-state index contributed by atoms with van der Waals surface area (Å²) in [6.45, 7) is 9.27. The molecule has 0 aromatic heterocycles. The van der Waals surface area contributed by atoms with Gasteiger partial charge in [0.25, 0.3) is 0 Å². The van der Waals surface area contributed by atoms with Crippen LogP contribution in [0.1, 0.15) is 20.3 Å². The van der Waals surface area contributed by atoms with Crippen molar-refractivity contribution in [2.75, 3.05) is 6.61 Å². The van der Waals surface area contributed by atoms with Crippen LogP contribution in [0.3, 0.4) is 0 Å². The minimum absolute atomic E-state index is 0.142. The van der Waals surface area contributed by atoms with Gasteiger partial charge in [-0.1, -0.05) is 0 Å². The van der Waals surface area contributed by atoms with Gasteiger partial charge in [-0.2, -0.15) is 8.62 Å². The summed E-state index contributed by atoms with van der Waals surface area (Å²) in [5.41, 5.74) is -1.23. The Bertz CT molecular complexity index is 688. The van der Waals surface area contributed by atoms with Crippen molar-refractivity contribution in [3.8, 4) is 0 Å². The molecule has 4 N–H and O–H groups in total. The number of hydrogen-bond donors (Lipinski definition) is 4. The maximum atomic E-state index is 11.7. The minimum atomic E-state index is -5.60. The van der Waals surface area contributed by atoms with Crippen molar-refractivity contribution in [1.82, 2.24) is 0 Å². The quantitative estimate of drug-likeness (QED) is 0.226. The van der Waals surface area contributed by atoms with Crippen LogP contribution in [0.2, 0.25) is 0 Å². The first kappa shape index (κ1) is 23.9. The number of ether oxygens (including phenoxy) is 2. The third-order valence-corrected chi connectivity index (χ3v) is 6.56. The lowest BCUT2D eigenvalue weighted by Crippen LogP contribution is -2.35. The maximum absolute atomic E-state index is 11.7. The van der Waals surface area contributed by atoms with Crippen molar-refractivity contribution in [2.24, 2.45) is 0 Å². The first-order chi connectivity index (χ1) is 11.5. The fourth-order valence-corrected chi connectivity index (χ4v) is 4.92. The zero-order valence-corrected chi connectivity index (χ0v) is 16.3. The maximum Gasteiger partial charge on any atom is 0.490 e. The Labute approximate surface area is 150 Å². The molecule has 1 rings (SSSR count). The molecule has 0 aromatic rings. The SMILES string of the molecule is [B][C@H]1CC(OC(C)(C)[N+]#[C-])[C@@H](COP(=O)(O)OP(=O)(O)OP(=O)(O)O)O1. The van der Waals surface area contributed by atoms with E-state index in [1.165, 1.54) is 13.8 Å². The Morgan fingerprint density at radius 3 is 2.27 bits per heavy atom. The van der Waals surface area contributed by atoms with Gasteiger partial charge in [0.2, 0.25) is 0 Å². The van der Waals surface area contributed by atoms with Gasteiger partial charge in [-0.3, -0.25) is 9.37 Å². The van der Waals surface area contributed by atoms with E-state index >= 15 is 0 Å². The molecule has 0 aliphatic carbocycles. The third-order valence-electron chi connectivity index (χ3n) is 2.76. The summed E-state index contributed by atoms with van der Waals surface area (Å²) in [5, 5.41) is 0. The monoisotopic (exact) mass is 435 g/mol.